The summed E-state index contributed by atoms with van der Waals surface area (Å²) in [5.41, 5.74) is 2.40. The molecule has 4 heteroatoms. The number of benzene rings is 2. The van der Waals surface area contributed by atoms with E-state index in [4.69, 9.17) is 9.47 Å². The molecule has 2 aromatic rings. The van der Waals surface area contributed by atoms with Crippen LogP contribution in [0.2, 0.25) is 0 Å². The van der Waals surface area contributed by atoms with Crippen molar-refractivity contribution in [2.24, 2.45) is 0 Å². The molecule has 0 spiro atoms. The van der Waals surface area contributed by atoms with E-state index >= 15 is 0 Å². The topological polar surface area (TPSA) is 41.9 Å². The molecule has 1 fully saturated rings. The lowest BCUT2D eigenvalue weighted by molar-refractivity contribution is 0.0313. The molecule has 1 heterocycles. The number of aliphatic hydroxyl groups is 1. The number of aliphatic hydroxyl groups excluding tert-OH is 1. The SMILES string of the molecule is Cc1cccc(OCC(O)CN(Cc2ccccc2)CC2CCCO2)c1. The summed E-state index contributed by atoms with van der Waals surface area (Å²) >= 11 is 0. The Morgan fingerprint density at radius 1 is 1.19 bits per heavy atom. The molecule has 0 saturated carbocycles. The molecule has 1 aliphatic heterocycles. The van der Waals surface area contributed by atoms with Crippen LogP contribution in [0, 0.1) is 6.92 Å². The smallest absolute Gasteiger partial charge is 0.119 e. The van der Waals surface area contributed by atoms with Gasteiger partial charge in [0.05, 0.1) is 6.10 Å². The first-order valence-corrected chi connectivity index (χ1v) is 9.44. The Morgan fingerprint density at radius 3 is 2.77 bits per heavy atom. The molecule has 3 rings (SSSR count). The zero-order chi connectivity index (χ0) is 18.2. The minimum Gasteiger partial charge on any atom is -0.491 e. The number of hydrogen-bond acceptors (Lipinski definition) is 4. The zero-order valence-electron chi connectivity index (χ0n) is 15.5. The maximum atomic E-state index is 10.5. The van der Waals surface area contributed by atoms with Gasteiger partial charge in [0.1, 0.15) is 18.5 Å². The van der Waals surface area contributed by atoms with Gasteiger partial charge in [0.15, 0.2) is 0 Å². The van der Waals surface area contributed by atoms with Gasteiger partial charge in [-0.15, -0.1) is 0 Å². The van der Waals surface area contributed by atoms with Crippen LogP contribution in [0.15, 0.2) is 54.6 Å². The third-order valence-corrected chi connectivity index (χ3v) is 4.64. The minimum absolute atomic E-state index is 0.267. The average Bonchev–Trinajstić information content (AvgIpc) is 3.14. The first-order valence-electron chi connectivity index (χ1n) is 9.44. The molecule has 1 saturated heterocycles. The van der Waals surface area contributed by atoms with E-state index in [1.165, 1.54) is 5.56 Å². The van der Waals surface area contributed by atoms with E-state index in [1.807, 2.05) is 37.3 Å². The third-order valence-electron chi connectivity index (χ3n) is 4.64. The Labute approximate surface area is 156 Å². The van der Waals surface area contributed by atoms with Crippen LogP contribution in [-0.4, -0.2) is 48.5 Å². The van der Waals surface area contributed by atoms with E-state index < -0.39 is 6.10 Å². The highest BCUT2D eigenvalue weighted by Gasteiger charge is 2.21. The van der Waals surface area contributed by atoms with Crippen molar-refractivity contribution in [3.63, 3.8) is 0 Å². The Balaban J connectivity index is 1.54. The van der Waals surface area contributed by atoms with Crippen LogP contribution in [0.5, 0.6) is 5.75 Å². The van der Waals surface area contributed by atoms with Crippen molar-refractivity contribution < 1.29 is 14.6 Å². The van der Waals surface area contributed by atoms with E-state index in [-0.39, 0.29) is 6.10 Å². The second-order valence-electron chi connectivity index (χ2n) is 7.10. The van der Waals surface area contributed by atoms with E-state index in [0.717, 1.165) is 43.9 Å². The van der Waals surface area contributed by atoms with E-state index in [0.29, 0.717) is 13.2 Å². The van der Waals surface area contributed by atoms with Crippen LogP contribution in [0.4, 0.5) is 0 Å². The van der Waals surface area contributed by atoms with Crippen LogP contribution in [0.1, 0.15) is 24.0 Å². The predicted octanol–water partition coefficient (Wildman–Crippen LogP) is 3.42. The molecule has 1 aliphatic rings. The molecular weight excluding hydrogens is 326 g/mol. The highest BCUT2D eigenvalue weighted by molar-refractivity contribution is 5.27. The monoisotopic (exact) mass is 355 g/mol. The second-order valence-corrected chi connectivity index (χ2v) is 7.10. The molecule has 0 aliphatic carbocycles. The molecule has 1 N–H and O–H groups in total. The van der Waals surface area contributed by atoms with E-state index in [1.54, 1.807) is 0 Å². The molecule has 0 radical (unpaired) electrons. The van der Waals surface area contributed by atoms with E-state index in [2.05, 4.69) is 29.2 Å². The zero-order valence-corrected chi connectivity index (χ0v) is 15.5. The summed E-state index contributed by atoms with van der Waals surface area (Å²) in [6, 6.07) is 18.3. The highest BCUT2D eigenvalue weighted by Crippen LogP contribution is 2.16. The van der Waals surface area contributed by atoms with Crippen LogP contribution in [-0.2, 0) is 11.3 Å². The quantitative estimate of drug-likeness (QED) is 0.748. The molecule has 2 atom stereocenters. The lowest BCUT2D eigenvalue weighted by atomic mass is 10.1. The van der Waals surface area contributed by atoms with Crippen LogP contribution in [0.25, 0.3) is 0 Å². The van der Waals surface area contributed by atoms with Crippen LogP contribution < -0.4 is 4.74 Å². The summed E-state index contributed by atoms with van der Waals surface area (Å²) in [4.78, 5) is 2.27. The fourth-order valence-electron chi connectivity index (χ4n) is 3.37. The minimum atomic E-state index is -0.541. The second kappa shape index (κ2) is 9.72. The average molecular weight is 355 g/mol. The van der Waals surface area contributed by atoms with Crippen molar-refractivity contribution in [2.45, 2.75) is 38.5 Å². The maximum absolute atomic E-state index is 10.5. The summed E-state index contributed by atoms with van der Waals surface area (Å²) in [5.74, 6) is 0.804. The number of ether oxygens (including phenoxy) is 2. The Hall–Kier alpha value is -1.88. The predicted molar refractivity (Wildman–Crippen MR) is 103 cm³/mol. The largest absolute Gasteiger partial charge is 0.491 e. The lowest BCUT2D eigenvalue weighted by Gasteiger charge is -2.27. The lowest BCUT2D eigenvalue weighted by Crippen LogP contribution is -2.39. The Morgan fingerprint density at radius 2 is 2.04 bits per heavy atom. The van der Waals surface area contributed by atoms with Gasteiger partial charge in [-0.25, -0.2) is 0 Å². The maximum Gasteiger partial charge on any atom is 0.119 e. The molecule has 0 bridgehead atoms. The fraction of sp³-hybridized carbons (Fsp3) is 0.455. The number of hydrogen-bond donors (Lipinski definition) is 1. The number of aryl methyl sites for hydroxylation is 1. The number of nitrogens with zero attached hydrogens (tertiary/aromatic N) is 1. The van der Waals surface area contributed by atoms with Crippen molar-refractivity contribution in [1.82, 2.24) is 4.90 Å². The molecule has 26 heavy (non-hydrogen) atoms. The molecular formula is C22H29NO3. The molecule has 0 aromatic heterocycles. The Kier molecular flexibility index (Phi) is 7.06. The van der Waals surface area contributed by atoms with Crippen LogP contribution >= 0.6 is 0 Å². The van der Waals surface area contributed by atoms with Gasteiger partial charge in [0.25, 0.3) is 0 Å². The van der Waals surface area contributed by atoms with Crippen molar-refractivity contribution >= 4 is 0 Å². The van der Waals surface area contributed by atoms with E-state index in [9.17, 15) is 5.11 Å². The first-order chi connectivity index (χ1) is 12.7. The molecule has 0 amide bonds. The Bertz CT molecular complexity index is 655. The van der Waals surface area contributed by atoms with Crippen molar-refractivity contribution in [1.29, 1.82) is 0 Å². The standard InChI is InChI=1S/C22H29NO3/c1-18-7-5-10-21(13-18)26-17-20(24)15-23(16-22-11-6-12-25-22)14-19-8-3-2-4-9-19/h2-5,7-10,13,20,22,24H,6,11-12,14-17H2,1H3. The van der Waals surface area contributed by atoms with Crippen molar-refractivity contribution in [3.05, 3.63) is 65.7 Å². The van der Waals surface area contributed by atoms with Crippen molar-refractivity contribution in [3.8, 4) is 5.75 Å². The van der Waals surface area contributed by atoms with Gasteiger partial charge in [-0.3, -0.25) is 4.90 Å². The van der Waals surface area contributed by atoms with Gasteiger partial charge in [-0.2, -0.15) is 0 Å². The third kappa shape index (κ3) is 6.13. The van der Waals surface area contributed by atoms with Gasteiger partial charge in [-0.05, 0) is 43.0 Å². The summed E-state index contributed by atoms with van der Waals surface area (Å²) in [5, 5.41) is 10.5. The molecule has 4 nitrogen and oxygen atoms in total. The van der Waals surface area contributed by atoms with Gasteiger partial charge >= 0.3 is 0 Å². The van der Waals surface area contributed by atoms with Gasteiger partial charge in [0, 0.05) is 26.2 Å². The summed E-state index contributed by atoms with van der Waals surface area (Å²) in [7, 11) is 0. The molecule has 2 aromatic carbocycles. The molecule has 140 valence electrons. The van der Waals surface area contributed by atoms with Gasteiger partial charge in [-0.1, -0.05) is 42.5 Å². The highest BCUT2D eigenvalue weighted by atomic mass is 16.5. The molecule has 2 unspecified atom stereocenters. The normalized spacial score (nSPS) is 18.2. The van der Waals surface area contributed by atoms with Crippen molar-refractivity contribution in [2.75, 3.05) is 26.3 Å². The summed E-state index contributed by atoms with van der Waals surface area (Å²) in [6.07, 6.45) is 1.95. The number of rotatable bonds is 9. The summed E-state index contributed by atoms with van der Waals surface area (Å²) < 4.78 is 11.6. The fourth-order valence-corrected chi connectivity index (χ4v) is 3.37. The first kappa shape index (κ1) is 18.9. The van der Waals surface area contributed by atoms with Gasteiger partial charge < -0.3 is 14.6 Å². The van der Waals surface area contributed by atoms with Gasteiger partial charge in [0.2, 0.25) is 0 Å². The summed E-state index contributed by atoms with van der Waals surface area (Å²) in [6.45, 7) is 5.40. The van der Waals surface area contributed by atoms with Crippen LogP contribution in [0.3, 0.4) is 0 Å².